The zero-order valence-corrected chi connectivity index (χ0v) is 12.7. The topological polar surface area (TPSA) is 65.5 Å². The van der Waals surface area contributed by atoms with E-state index in [1.54, 1.807) is 19.2 Å². The molecule has 0 spiro atoms. The molecular weight excluding hydrogens is 264 g/mol. The van der Waals surface area contributed by atoms with E-state index in [9.17, 15) is 8.42 Å². The predicted octanol–water partition coefficient (Wildman–Crippen LogP) is 0.695. The summed E-state index contributed by atoms with van der Waals surface area (Å²) in [6.07, 6.45) is 1.49. The summed E-state index contributed by atoms with van der Waals surface area (Å²) < 4.78 is 26.2. The number of hydrogen-bond acceptors (Lipinski definition) is 5. The first-order chi connectivity index (χ1) is 8.89. The quantitative estimate of drug-likeness (QED) is 0.799. The molecule has 0 fully saturated rings. The first-order valence-electron chi connectivity index (χ1n) is 6.19. The van der Waals surface area contributed by atoms with Gasteiger partial charge >= 0.3 is 0 Å². The molecule has 0 unspecified atom stereocenters. The molecular formula is C12H22N4O2S. The normalized spacial score (nSPS) is 12.1. The highest BCUT2D eigenvalue weighted by Gasteiger charge is 2.25. The molecule has 1 N–H and O–H groups in total. The van der Waals surface area contributed by atoms with Crippen LogP contribution in [0.4, 0.5) is 5.69 Å². The van der Waals surface area contributed by atoms with Gasteiger partial charge in [-0.3, -0.25) is 0 Å². The molecule has 0 atom stereocenters. The van der Waals surface area contributed by atoms with E-state index in [2.05, 4.69) is 10.3 Å². The lowest BCUT2D eigenvalue weighted by Gasteiger charge is -2.20. The average molecular weight is 286 g/mol. The van der Waals surface area contributed by atoms with Gasteiger partial charge in [0, 0.05) is 32.9 Å². The predicted molar refractivity (Wildman–Crippen MR) is 76.8 cm³/mol. The first-order valence-corrected chi connectivity index (χ1v) is 7.63. The smallest absolute Gasteiger partial charge is 0.262 e. The largest absolute Gasteiger partial charge is 0.383 e. The second-order valence-corrected chi connectivity index (χ2v) is 6.48. The van der Waals surface area contributed by atoms with Crippen LogP contribution in [0, 0.1) is 0 Å². The van der Waals surface area contributed by atoms with Gasteiger partial charge in [0.05, 0.1) is 5.69 Å². The second kappa shape index (κ2) is 6.83. The van der Waals surface area contributed by atoms with Crippen LogP contribution in [0.15, 0.2) is 23.4 Å². The summed E-state index contributed by atoms with van der Waals surface area (Å²) in [5.74, 6) is 0. The van der Waals surface area contributed by atoms with Crippen molar-refractivity contribution in [1.29, 1.82) is 0 Å². The number of pyridine rings is 1. The van der Waals surface area contributed by atoms with Crippen LogP contribution in [-0.2, 0) is 10.0 Å². The maximum Gasteiger partial charge on any atom is 0.262 e. The highest BCUT2D eigenvalue weighted by atomic mass is 32.2. The molecule has 0 amide bonds. The van der Waals surface area contributed by atoms with Crippen molar-refractivity contribution in [2.24, 2.45) is 0 Å². The SMILES string of the molecule is CCNc1cccnc1S(=O)(=O)N(C)CCN(C)C. The van der Waals surface area contributed by atoms with E-state index >= 15 is 0 Å². The van der Waals surface area contributed by atoms with E-state index in [4.69, 9.17) is 0 Å². The summed E-state index contributed by atoms with van der Waals surface area (Å²) in [7, 11) is 1.83. The van der Waals surface area contributed by atoms with Gasteiger partial charge in [-0.2, -0.15) is 4.31 Å². The molecule has 0 radical (unpaired) electrons. The van der Waals surface area contributed by atoms with Gasteiger partial charge in [-0.25, -0.2) is 13.4 Å². The molecule has 19 heavy (non-hydrogen) atoms. The molecule has 1 rings (SSSR count). The molecule has 0 saturated carbocycles. The van der Waals surface area contributed by atoms with Crippen molar-refractivity contribution in [1.82, 2.24) is 14.2 Å². The fraction of sp³-hybridized carbons (Fsp3) is 0.583. The lowest BCUT2D eigenvalue weighted by molar-refractivity contribution is 0.358. The van der Waals surface area contributed by atoms with Gasteiger partial charge in [0.1, 0.15) is 0 Å². The lowest BCUT2D eigenvalue weighted by Crippen LogP contribution is -2.34. The van der Waals surface area contributed by atoms with Crippen LogP contribution >= 0.6 is 0 Å². The van der Waals surface area contributed by atoms with Crippen LogP contribution in [0.5, 0.6) is 0 Å². The summed E-state index contributed by atoms with van der Waals surface area (Å²) in [4.78, 5) is 5.95. The molecule has 0 aliphatic rings. The van der Waals surface area contributed by atoms with Crippen molar-refractivity contribution in [2.75, 3.05) is 46.1 Å². The summed E-state index contributed by atoms with van der Waals surface area (Å²) in [5.41, 5.74) is 0.543. The third-order valence-electron chi connectivity index (χ3n) is 2.66. The van der Waals surface area contributed by atoms with Gasteiger partial charge in [0.25, 0.3) is 10.0 Å². The van der Waals surface area contributed by atoms with Crippen molar-refractivity contribution in [2.45, 2.75) is 11.9 Å². The molecule has 6 nitrogen and oxygen atoms in total. The number of likely N-dealkylation sites (N-methyl/N-ethyl adjacent to an activating group) is 2. The number of nitrogens with one attached hydrogen (secondary N) is 1. The van der Waals surface area contributed by atoms with Crippen molar-refractivity contribution in [3.63, 3.8) is 0 Å². The Morgan fingerprint density at radius 1 is 1.26 bits per heavy atom. The monoisotopic (exact) mass is 286 g/mol. The van der Waals surface area contributed by atoms with Crippen molar-refractivity contribution >= 4 is 15.7 Å². The van der Waals surface area contributed by atoms with E-state index in [1.165, 1.54) is 10.5 Å². The van der Waals surface area contributed by atoms with E-state index in [0.29, 0.717) is 25.3 Å². The minimum Gasteiger partial charge on any atom is -0.383 e. The van der Waals surface area contributed by atoms with Crippen LogP contribution in [0.2, 0.25) is 0 Å². The number of anilines is 1. The summed E-state index contributed by atoms with van der Waals surface area (Å²) in [6.45, 7) is 3.66. The zero-order chi connectivity index (χ0) is 14.5. The van der Waals surface area contributed by atoms with E-state index < -0.39 is 10.0 Å². The van der Waals surface area contributed by atoms with Crippen molar-refractivity contribution in [3.8, 4) is 0 Å². The van der Waals surface area contributed by atoms with Crippen LogP contribution < -0.4 is 5.32 Å². The van der Waals surface area contributed by atoms with Gasteiger partial charge in [-0.05, 0) is 33.2 Å². The number of rotatable bonds is 7. The van der Waals surface area contributed by atoms with Gasteiger partial charge in [0.15, 0.2) is 5.03 Å². The van der Waals surface area contributed by atoms with E-state index in [1.807, 2.05) is 25.9 Å². The summed E-state index contributed by atoms with van der Waals surface area (Å²) in [5, 5.41) is 3.10. The van der Waals surface area contributed by atoms with Crippen LogP contribution in [0.25, 0.3) is 0 Å². The minimum atomic E-state index is -3.55. The molecule has 1 aromatic rings. The van der Waals surface area contributed by atoms with Crippen molar-refractivity contribution < 1.29 is 8.42 Å². The lowest BCUT2D eigenvalue weighted by atomic mass is 10.4. The Morgan fingerprint density at radius 2 is 1.95 bits per heavy atom. The van der Waals surface area contributed by atoms with Crippen LogP contribution in [-0.4, -0.2) is 63.4 Å². The maximum absolute atomic E-state index is 12.4. The van der Waals surface area contributed by atoms with E-state index in [0.717, 1.165) is 0 Å². The molecule has 0 aliphatic carbocycles. The highest BCUT2D eigenvalue weighted by Crippen LogP contribution is 2.20. The number of nitrogens with zero attached hydrogens (tertiary/aromatic N) is 3. The van der Waals surface area contributed by atoms with E-state index in [-0.39, 0.29) is 5.03 Å². The Kier molecular flexibility index (Phi) is 5.71. The molecule has 0 saturated heterocycles. The van der Waals surface area contributed by atoms with Crippen LogP contribution in [0.3, 0.4) is 0 Å². The van der Waals surface area contributed by atoms with Crippen molar-refractivity contribution in [3.05, 3.63) is 18.3 Å². The molecule has 7 heteroatoms. The summed E-state index contributed by atoms with van der Waals surface area (Å²) >= 11 is 0. The standard InChI is InChI=1S/C12H22N4O2S/c1-5-13-11-7-6-8-14-12(11)19(17,18)16(4)10-9-15(2)3/h6-8,13H,5,9-10H2,1-4H3. The Morgan fingerprint density at radius 3 is 2.53 bits per heavy atom. The fourth-order valence-corrected chi connectivity index (χ4v) is 2.76. The second-order valence-electron chi connectivity index (χ2n) is 4.52. The zero-order valence-electron chi connectivity index (χ0n) is 11.9. The van der Waals surface area contributed by atoms with Crippen LogP contribution in [0.1, 0.15) is 6.92 Å². The maximum atomic E-state index is 12.4. The molecule has 1 aromatic heterocycles. The number of aromatic nitrogens is 1. The summed E-state index contributed by atoms with van der Waals surface area (Å²) in [6, 6.07) is 3.44. The Labute approximate surface area is 115 Å². The minimum absolute atomic E-state index is 0.0816. The molecule has 0 aliphatic heterocycles. The Hall–Kier alpha value is -1.18. The van der Waals surface area contributed by atoms with Gasteiger partial charge < -0.3 is 10.2 Å². The number of sulfonamides is 1. The average Bonchev–Trinajstić information content (AvgIpc) is 2.36. The molecule has 108 valence electrons. The van der Waals surface area contributed by atoms with Gasteiger partial charge in [-0.15, -0.1) is 0 Å². The van der Waals surface area contributed by atoms with Gasteiger partial charge in [-0.1, -0.05) is 0 Å². The molecule has 1 heterocycles. The molecule has 0 bridgehead atoms. The van der Waals surface area contributed by atoms with Gasteiger partial charge in [0.2, 0.25) is 0 Å². The Bertz CT molecular complexity index is 502. The molecule has 0 aromatic carbocycles. The fourth-order valence-electron chi connectivity index (χ4n) is 1.53. The third-order valence-corrected chi connectivity index (χ3v) is 4.47. The number of hydrogen-bond donors (Lipinski definition) is 1. The Balaban J connectivity index is 2.99. The third kappa shape index (κ3) is 4.15. The first kappa shape index (κ1) is 15.9. The highest BCUT2D eigenvalue weighted by molar-refractivity contribution is 7.89.